The van der Waals surface area contributed by atoms with Gasteiger partial charge in [0.1, 0.15) is 5.82 Å². The highest BCUT2D eigenvalue weighted by Gasteiger charge is 2.04. The van der Waals surface area contributed by atoms with Gasteiger partial charge in [-0.3, -0.25) is 0 Å². The second-order valence-corrected chi connectivity index (χ2v) is 5.88. The molecule has 0 amide bonds. The molecule has 2 nitrogen and oxygen atoms in total. The predicted octanol–water partition coefficient (Wildman–Crippen LogP) is 5.46. The molecule has 0 radical (unpaired) electrons. The van der Waals surface area contributed by atoms with E-state index in [2.05, 4.69) is 36.6 Å². The van der Waals surface area contributed by atoms with Crippen LogP contribution < -0.4 is 10.6 Å². The average molecular weight is 316 g/mol. The maximum Gasteiger partial charge on any atom is 0.175 e. The predicted molar refractivity (Wildman–Crippen MR) is 96.1 cm³/mol. The highest BCUT2D eigenvalue weighted by Crippen LogP contribution is 2.20. The maximum atomic E-state index is 13.5. The molecule has 0 saturated heterocycles. The second-order valence-electron chi connectivity index (χ2n) is 5.47. The van der Waals surface area contributed by atoms with Gasteiger partial charge in [0.15, 0.2) is 5.11 Å². The number of halogens is 1. The van der Waals surface area contributed by atoms with Crippen molar-refractivity contribution in [2.45, 2.75) is 33.1 Å². The Hall–Kier alpha value is -1.94. The molecule has 1 unspecified atom stereocenters. The number of aryl methyl sites for hydroxylation is 1. The summed E-state index contributed by atoms with van der Waals surface area (Å²) in [5.41, 5.74) is 3.48. The number of thiocarbonyl (C=S) groups is 1. The Labute approximate surface area is 136 Å². The zero-order valence-corrected chi connectivity index (χ0v) is 13.9. The highest BCUT2D eigenvalue weighted by molar-refractivity contribution is 7.80. The molecule has 0 aliphatic rings. The molecule has 4 heteroatoms. The summed E-state index contributed by atoms with van der Waals surface area (Å²) in [6.45, 7) is 6.12. The van der Waals surface area contributed by atoms with E-state index in [0.717, 1.165) is 12.1 Å². The molecule has 0 heterocycles. The van der Waals surface area contributed by atoms with E-state index in [1.807, 2.05) is 12.1 Å². The summed E-state index contributed by atoms with van der Waals surface area (Å²) in [4.78, 5) is 0. The van der Waals surface area contributed by atoms with E-state index >= 15 is 0 Å². The number of hydrogen-bond acceptors (Lipinski definition) is 1. The molecule has 0 spiro atoms. The molecule has 2 N–H and O–H groups in total. The van der Waals surface area contributed by atoms with Crippen LogP contribution in [0.15, 0.2) is 42.5 Å². The molecule has 2 aromatic carbocycles. The lowest BCUT2D eigenvalue weighted by atomic mass is 9.99. The molecule has 116 valence electrons. The molecule has 0 saturated carbocycles. The van der Waals surface area contributed by atoms with Crippen LogP contribution in [0.2, 0.25) is 0 Å². The number of hydrogen-bond donors (Lipinski definition) is 2. The lowest BCUT2D eigenvalue weighted by Crippen LogP contribution is -2.19. The summed E-state index contributed by atoms with van der Waals surface area (Å²) in [7, 11) is 0. The van der Waals surface area contributed by atoms with Gasteiger partial charge >= 0.3 is 0 Å². The molecule has 1 atom stereocenters. The summed E-state index contributed by atoms with van der Waals surface area (Å²) in [5, 5.41) is 6.54. The number of anilines is 2. The molecule has 0 bridgehead atoms. The first-order valence-corrected chi connectivity index (χ1v) is 7.84. The van der Waals surface area contributed by atoms with Crippen molar-refractivity contribution >= 4 is 28.7 Å². The zero-order chi connectivity index (χ0) is 16.1. The highest BCUT2D eigenvalue weighted by atomic mass is 32.1. The number of rotatable bonds is 4. The first kappa shape index (κ1) is 16.4. The van der Waals surface area contributed by atoms with Gasteiger partial charge in [-0.1, -0.05) is 32.0 Å². The molecule has 0 aliphatic heterocycles. The second kappa shape index (κ2) is 7.36. The van der Waals surface area contributed by atoms with E-state index in [1.54, 1.807) is 19.1 Å². The van der Waals surface area contributed by atoms with Gasteiger partial charge in [-0.25, -0.2) is 4.39 Å². The van der Waals surface area contributed by atoms with Gasteiger partial charge in [-0.15, -0.1) is 0 Å². The fourth-order valence-electron chi connectivity index (χ4n) is 2.09. The zero-order valence-electron chi connectivity index (χ0n) is 13.1. The van der Waals surface area contributed by atoms with Crippen molar-refractivity contribution in [2.75, 3.05) is 10.6 Å². The maximum absolute atomic E-state index is 13.5. The first-order chi connectivity index (χ1) is 10.5. The molecule has 22 heavy (non-hydrogen) atoms. The molecular formula is C18H21FN2S. The van der Waals surface area contributed by atoms with E-state index in [0.29, 0.717) is 22.3 Å². The van der Waals surface area contributed by atoms with Crippen LogP contribution in [-0.2, 0) is 0 Å². The fourth-order valence-corrected chi connectivity index (χ4v) is 2.33. The Morgan fingerprint density at radius 1 is 1.09 bits per heavy atom. The van der Waals surface area contributed by atoms with E-state index in [1.165, 1.54) is 11.6 Å². The molecule has 0 aromatic heterocycles. The number of benzene rings is 2. The molecule has 0 aliphatic carbocycles. The van der Waals surface area contributed by atoms with Crippen molar-refractivity contribution in [3.05, 3.63) is 59.4 Å². The smallest absolute Gasteiger partial charge is 0.175 e. The van der Waals surface area contributed by atoms with Gasteiger partial charge in [-0.2, -0.15) is 0 Å². The van der Waals surface area contributed by atoms with Crippen molar-refractivity contribution < 1.29 is 4.39 Å². The molecule has 2 aromatic rings. The molecular weight excluding hydrogens is 295 g/mol. The molecule has 0 fully saturated rings. The summed E-state index contributed by atoms with van der Waals surface area (Å²) in [6, 6.07) is 13.2. The van der Waals surface area contributed by atoms with Crippen LogP contribution in [-0.4, -0.2) is 5.11 Å². The van der Waals surface area contributed by atoms with Crippen LogP contribution in [0.4, 0.5) is 15.8 Å². The topological polar surface area (TPSA) is 24.1 Å². The van der Waals surface area contributed by atoms with Gasteiger partial charge in [0.2, 0.25) is 0 Å². The summed E-state index contributed by atoms with van der Waals surface area (Å²) < 4.78 is 13.5. The van der Waals surface area contributed by atoms with Crippen molar-refractivity contribution in [3.63, 3.8) is 0 Å². The van der Waals surface area contributed by atoms with Crippen LogP contribution in [0.1, 0.15) is 37.3 Å². The van der Waals surface area contributed by atoms with Crippen molar-refractivity contribution in [1.82, 2.24) is 0 Å². The van der Waals surface area contributed by atoms with Crippen molar-refractivity contribution in [1.29, 1.82) is 0 Å². The lowest BCUT2D eigenvalue weighted by molar-refractivity contribution is 0.619. The summed E-state index contributed by atoms with van der Waals surface area (Å²) in [6.07, 6.45) is 1.12. The normalized spacial score (nSPS) is 11.8. The van der Waals surface area contributed by atoms with Gasteiger partial charge in [0.05, 0.1) is 0 Å². The summed E-state index contributed by atoms with van der Waals surface area (Å²) in [5.74, 6) is 0.306. The Bertz CT molecular complexity index is 653. The Morgan fingerprint density at radius 2 is 1.68 bits per heavy atom. The summed E-state index contributed by atoms with van der Waals surface area (Å²) >= 11 is 5.26. The van der Waals surface area contributed by atoms with E-state index in [4.69, 9.17) is 12.2 Å². The van der Waals surface area contributed by atoms with E-state index < -0.39 is 0 Å². The van der Waals surface area contributed by atoms with Crippen LogP contribution in [0, 0.1) is 12.7 Å². The number of nitrogens with one attached hydrogen (secondary N) is 2. The minimum atomic E-state index is -0.245. The van der Waals surface area contributed by atoms with Crippen LogP contribution in [0.25, 0.3) is 0 Å². The standard InChI is InChI=1S/C18H21FN2S/c1-4-12(2)14-6-9-15(10-7-14)20-18(22)21-16-8-5-13(3)17(19)11-16/h5-12H,4H2,1-3H3,(H2,20,21,22). The SMILES string of the molecule is CCC(C)c1ccc(NC(=S)Nc2ccc(C)c(F)c2)cc1. The van der Waals surface area contributed by atoms with Crippen LogP contribution in [0.5, 0.6) is 0 Å². The lowest BCUT2D eigenvalue weighted by Gasteiger charge is -2.13. The van der Waals surface area contributed by atoms with Gasteiger partial charge < -0.3 is 10.6 Å². The Morgan fingerprint density at radius 3 is 2.27 bits per heavy atom. The fraction of sp³-hybridized carbons (Fsp3) is 0.278. The molecule has 2 rings (SSSR count). The third-order valence-electron chi connectivity index (χ3n) is 3.78. The third kappa shape index (κ3) is 4.28. The van der Waals surface area contributed by atoms with Gasteiger partial charge in [0.25, 0.3) is 0 Å². The van der Waals surface area contributed by atoms with Crippen molar-refractivity contribution in [3.8, 4) is 0 Å². The van der Waals surface area contributed by atoms with Crippen LogP contribution in [0.3, 0.4) is 0 Å². The Kier molecular flexibility index (Phi) is 5.50. The first-order valence-electron chi connectivity index (χ1n) is 7.43. The third-order valence-corrected chi connectivity index (χ3v) is 3.98. The monoisotopic (exact) mass is 316 g/mol. The average Bonchev–Trinajstić information content (AvgIpc) is 2.51. The van der Waals surface area contributed by atoms with Gasteiger partial charge in [0, 0.05) is 11.4 Å². The Balaban J connectivity index is 1.98. The van der Waals surface area contributed by atoms with E-state index in [9.17, 15) is 4.39 Å². The van der Waals surface area contributed by atoms with Gasteiger partial charge in [-0.05, 0) is 66.9 Å². The largest absolute Gasteiger partial charge is 0.332 e. The van der Waals surface area contributed by atoms with Crippen molar-refractivity contribution in [2.24, 2.45) is 0 Å². The quantitative estimate of drug-likeness (QED) is 0.733. The van der Waals surface area contributed by atoms with Crippen LogP contribution >= 0.6 is 12.2 Å². The van der Waals surface area contributed by atoms with E-state index in [-0.39, 0.29) is 5.82 Å². The minimum Gasteiger partial charge on any atom is -0.332 e. The minimum absolute atomic E-state index is 0.245.